The number of rotatable bonds is 12. The van der Waals surface area contributed by atoms with Gasteiger partial charge in [-0.2, -0.15) is 0 Å². The summed E-state index contributed by atoms with van der Waals surface area (Å²) >= 11 is 5.75. The zero-order valence-corrected chi connectivity index (χ0v) is 12.3. The monoisotopic (exact) mass is 265 g/mol. The number of alkyl halides is 1. The van der Waals surface area contributed by atoms with Crippen LogP contribution in [0.5, 0.6) is 0 Å². The van der Waals surface area contributed by atoms with E-state index in [4.69, 9.17) is 21.1 Å². The quantitative estimate of drug-likeness (QED) is 0.400. The molecular weight excluding hydrogens is 238 g/mol. The average molecular weight is 266 g/mol. The molecule has 0 radical (unpaired) electrons. The Morgan fingerprint density at radius 3 is 2.29 bits per heavy atom. The van der Waals surface area contributed by atoms with E-state index in [2.05, 4.69) is 11.8 Å². The van der Waals surface area contributed by atoms with Gasteiger partial charge in [0.1, 0.15) is 0 Å². The number of methoxy groups -OCH3 is 2. The van der Waals surface area contributed by atoms with Crippen LogP contribution in [0.2, 0.25) is 0 Å². The Kier molecular flexibility index (Phi) is 12.7. The molecule has 0 aromatic heterocycles. The average Bonchev–Trinajstić information content (AvgIpc) is 2.32. The highest BCUT2D eigenvalue weighted by atomic mass is 35.5. The summed E-state index contributed by atoms with van der Waals surface area (Å²) in [5, 5.41) is 0. The highest BCUT2D eigenvalue weighted by Crippen LogP contribution is 2.09. The van der Waals surface area contributed by atoms with Gasteiger partial charge < -0.3 is 14.4 Å². The number of ether oxygens (including phenoxy) is 2. The van der Waals surface area contributed by atoms with Crippen molar-refractivity contribution in [3.63, 3.8) is 0 Å². The smallest absolute Gasteiger partial charge is 0.0589 e. The van der Waals surface area contributed by atoms with E-state index in [9.17, 15) is 0 Å². The second-order valence-electron chi connectivity index (χ2n) is 4.55. The maximum atomic E-state index is 5.75. The molecular formula is C13H28ClNO2. The fourth-order valence-electron chi connectivity index (χ4n) is 1.72. The highest BCUT2D eigenvalue weighted by Gasteiger charge is 2.07. The summed E-state index contributed by atoms with van der Waals surface area (Å²) in [6.45, 7) is 7.13. The van der Waals surface area contributed by atoms with Crippen LogP contribution in [0, 0.1) is 5.92 Å². The van der Waals surface area contributed by atoms with Gasteiger partial charge in [-0.15, -0.1) is 11.6 Å². The van der Waals surface area contributed by atoms with Gasteiger partial charge in [0.05, 0.1) is 6.61 Å². The van der Waals surface area contributed by atoms with Crippen LogP contribution in [0.15, 0.2) is 0 Å². The Bertz CT molecular complexity index is 158. The second kappa shape index (κ2) is 12.6. The molecule has 0 spiro atoms. The van der Waals surface area contributed by atoms with Crippen molar-refractivity contribution in [1.82, 2.24) is 4.90 Å². The van der Waals surface area contributed by atoms with E-state index in [0.717, 1.165) is 51.6 Å². The predicted molar refractivity (Wildman–Crippen MR) is 73.9 cm³/mol. The van der Waals surface area contributed by atoms with E-state index in [1.54, 1.807) is 14.2 Å². The molecule has 0 aliphatic carbocycles. The Hall–Kier alpha value is 0.170. The van der Waals surface area contributed by atoms with Crippen molar-refractivity contribution in [1.29, 1.82) is 0 Å². The Balaban J connectivity index is 3.74. The number of halogens is 1. The first-order chi connectivity index (χ1) is 8.24. The van der Waals surface area contributed by atoms with Crippen LogP contribution in [-0.4, -0.2) is 57.8 Å². The molecule has 0 aromatic carbocycles. The van der Waals surface area contributed by atoms with Crippen LogP contribution in [0.3, 0.4) is 0 Å². The van der Waals surface area contributed by atoms with Crippen LogP contribution in [0.4, 0.5) is 0 Å². The maximum absolute atomic E-state index is 5.75. The summed E-state index contributed by atoms with van der Waals surface area (Å²) in [5.41, 5.74) is 0. The number of hydrogen-bond donors (Lipinski definition) is 0. The summed E-state index contributed by atoms with van der Waals surface area (Å²) < 4.78 is 10.2. The van der Waals surface area contributed by atoms with E-state index < -0.39 is 0 Å². The molecule has 0 saturated heterocycles. The normalized spacial score (nSPS) is 13.2. The van der Waals surface area contributed by atoms with E-state index in [0.29, 0.717) is 5.92 Å². The molecule has 0 N–H and O–H groups in total. The minimum absolute atomic E-state index is 0.708. The summed E-state index contributed by atoms with van der Waals surface area (Å²) in [4.78, 5) is 2.45. The van der Waals surface area contributed by atoms with Crippen LogP contribution >= 0.6 is 11.6 Å². The summed E-state index contributed by atoms with van der Waals surface area (Å²) in [5.74, 6) is 1.48. The maximum Gasteiger partial charge on any atom is 0.0589 e. The molecule has 3 nitrogen and oxygen atoms in total. The van der Waals surface area contributed by atoms with E-state index >= 15 is 0 Å². The van der Waals surface area contributed by atoms with E-state index in [-0.39, 0.29) is 0 Å². The molecule has 0 fully saturated rings. The van der Waals surface area contributed by atoms with Crippen molar-refractivity contribution in [3.05, 3.63) is 0 Å². The van der Waals surface area contributed by atoms with Crippen LogP contribution in [-0.2, 0) is 9.47 Å². The number of hydrogen-bond acceptors (Lipinski definition) is 3. The summed E-state index contributed by atoms with van der Waals surface area (Å²) in [6, 6.07) is 0. The van der Waals surface area contributed by atoms with Crippen LogP contribution in [0.25, 0.3) is 0 Å². The summed E-state index contributed by atoms with van der Waals surface area (Å²) in [6.07, 6.45) is 3.41. The van der Waals surface area contributed by atoms with Gasteiger partial charge >= 0.3 is 0 Å². The molecule has 4 heteroatoms. The molecule has 0 aliphatic heterocycles. The van der Waals surface area contributed by atoms with Gasteiger partial charge in [0.15, 0.2) is 0 Å². The zero-order chi connectivity index (χ0) is 12.9. The van der Waals surface area contributed by atoms with Gasteiger partial charge in [0.25, 0.3) is 0 Å². The fraction of sp³-hybridized carbons (Fsp3) is 1.00. The van der Waals surface area contributed by atoms with E-state index in [1.165, 1.54) is 6.42 Å². The van der Waals surface area contributed by atoms with Gasteiger partial charge in [-0.1, -0.05) is 6.92 Å². The second-order valence-corrected chi connectivity index (χ2v) is 4.93. The molecule has 0 heterocycles. The molecule has 0 rings (SSSR count). The Labute approximate surface area is 111 Å². The first-order valence-electron chi connectivity index (χ1n) is 6.50. The lowest BCUT2D eigenvalue weighted by molar-refractivity contribution is 0.129. The van der Waals surface area contributed by atoms with Gasteiger partial charge in [-0.05, 0) is 31.7 Å². The third-order valence-corrected chi connectivity index (χ3v) is 3.19. The van der Waals surface area contributed by atoms with Crippen LogP contribution in [0.1, 0.15) is 26.2 Å². The van der Waals surface area contributed by atoms with Gasteiger partial charge in [-0.3, -0.25) is 0 Å². The van der Waals surface area contributed by atoms with Crippen LogP contribution < -0.4 is 0 Å². The lowest BCUT2D eigenvalue weighted by atomic mass is 10.0. The molecule has 0 saturated carbocycles. The first-order valence-corrected chi connectivity index (χ1v) is 7.04. The topological polar surface area (TPSA) is 21.7 Å². The van der Waals surface area contributed by atoms with Gasteiger partial charge in [-0.25, -0.2) is 0 Å². The third kappa shape index (κ3) is 11.0. The largest absolute Gasteiger partial charge is 0.385 e. The fourth-order valence-corrected chi connectivity index (χ4v) is 2.09. The van der Waals surface area contributed by atoms with Gasteiger partial charge in [0.2, 0.25) is 0 Å². The SMILES string of the molecule is COCCCN(CCOC)CCC(C)CCCl. The summed E-state index contributed by atoms with van der Waals surface area (Å²) in [7, 11) is 3.51. The highest BCUT2D eigenvalue weighted by molar-refractivity contribution is 6.17. The standard InChI is InChI=1S/C13H28ClNO2/c1-13(5-7-14)6-9-15(10-12-17-3)8-4-11-16-2/h13H,4-12H2,1-3H3. The first kappa shape index (κ1) is 17.2. The zero-order valence-electron chi connectivity index (χ0n) is 11.6. The molecule has 17 heavy (non-hydrogen) atoms. The molecule has 0 aromatic rings. The van der Waals surface area contributed by atoms with Crippen molar-refractivity contribution >= 4 is 11.6 Å². The molecule has 0 aliphatic rings. The number of nitrogens with zero attached hydrogens (tertiary/aromatic N) is 1. The lowest BCUT2D eigenvalue weighted by Crippen LogP contribution is -2.31. The lowest BCUT2D eigenvalue weighted by Gasteiger charge is -2.23. The molecule has 1 atom stereocenters. The Morgan fingerprint density at radius 1 is 1.00 bits per heavy atom. The van der Waals surface area contributed by atoms with Crippen molar-refractivity contribution in [2.45, 2.75) is 26.2 Å². The van der Waals surface area contributed by atoms with Crippen molar-refractivity contribution in [2.75, 3.05) is 52.9 Å². The molecule has 0 amide bonds. The Morgan fingerprint density at radius 2 is 1.71 bits per heavy atom. The van der Waals surface area contributed by atoms with Gasteiger partial charge in [0, 0.05) is 39.8 Å². The third-order valence-electron chi connectivity index (χ3n) is 2.97. The molecule has 104 valence electrons. The van der Waals surface area contributed by atoms with Crippen molar-refractivity contribution in [3.8, 4) is 0 Å². The van der Waals surface area contributed by atoms with Crippen molar-refractivity contribution < 1.29 is 9.47 Å². The molecule has 1 unspecified atom stereocenters. The minimum atomic E-state index is 0.708. The van der Waals surface area contributed by atoms with E-state index in [1.807, 2.05) is 0 Å². The van der Waals surface area contributed by atoms with Crippen molar-refractivity contribution in [2.24, 2.45) is 5.92 Å². The minimum Gasteiger partial charge on any atom is -0.385 e. The molecule has 0 bridgehead atoms. The predicted octanol–water partition coefficient (Wildman–Crippen LogP) is 2.63.